The van der Waals surface area contributed by atoms with E-state index in [-0.39, 0.29) is 63.7 Å². The Hall–Kier alpha value is -5.26. The Morgan fingerprint density at radius 1 is 0.746 bits per heavy atom. The van der Waals surface area contributed by atoms with Crippen molar-refractivity contribution >= 4 is 58.9 Å². The van der Waals surface area contributed by atoms with Crippen LogP contribution in [0.2, 0.25) is 0 Å². The third kappa shape index (κ3) is 7.48. The molecule has 2 unspecified atom stereocenters. The fourth-order valence-corrected chi connectivity index (χ4v) is 12.9. The van der Waals surface area contributed by atoms with E-state index in [1.165, 1.54) is 0 Å². The molecule has 8 N–H and O–H groups in total. The number of carboxylic acid groups (broad SMARTS) is 6. The number of allylic oxidation sites excluding steroid dienone is 2. The number of fused-ring (bicyclic) bond motifs is 9. The molecule has 11 atom stereocenters. The van der Waals surface area contributed by atoms with Gasteiger partial charge in [-0.25, -0.2) is 0 Å². The molecule has 344 valence electrons. The van der Waals surface area contributed by atoms with E-state index in [1.54, 1.807) is 26.8 Å². The number of hydrogen-bond acceptors (Lipinski definition) is 11. The van der Waals surface area contributed by atoms with E-state index in [4.69, 9.17) is 15.0 Å². The topological polar surface area (TPSA) is 302 Å². The first-order chi connectivity index (χ1) is 29.1. The first-order valence-electron chi connectivity index (χ1n) is 21.7. The van der Waals surface area contributed by atoms with E-state index < -0.39 is 117 Å². The Balaban J connectivity index is 1.77. The second-order valence-corrected chi connectivity index (χ2v) is 20.2. The van der Waals surface area contributed by atoms with Gasteiger partial charge in [0.05, 0.1) is 35.3 Å². The van der Waals surface area contributed by atoms with E-state index in [0.29, 0.717) is 34.1 Å². The van der Waals surface area contributed by atoms with Crippen LogP contribution in [0.5, 0.6) is 0 Å². The van der Waals surface area contributed by atoms with E-state index in [9.17, 15) is 64.2 Å². The monoisotopic (exact) mass is 879 g/mol. The fraction of sp³-hybridized carbons (Fsp3) is 0.689. The van der Waals surface area contributed by atoms with Gasteiger partial charge in [-0.05, 0) is 62.5 Å². The van der Waals surface area contributed by atoms with Crippen molar-refractivity contribution in [1.29, 1.82) is 0 Å². The lowest BCUT2D eigenvalue weighted by Gasteiger charge is -2.48. The summed E-state index contributed by atoms with van der Waals surface area (Å²) in [7, 11) is 0. The van der Waals surface area contributed by atoms with Gasteiger partial charge >= 0.3 is 35.8 Å². The van der Waals surface area contributed by atoms with E-state index in [1.807, 2.05) is 34.6 Å². The quantitative estimate of drug-likeness (QED) is 0.103. The molecule has 6 rings (SSSR count). The van der Waals surface area contributed by atoms with Gasteiger partial charge in [0, 0.05) is 95.3 Å². The first kappa shape index (κ1) is 47.2. The molecule has 0 saturated carbocycles. The van der Waals surface area contributed by atoms with Gasteiger partial charge in [0.1, 0.15) is 0 Å². The smallest absolute Gasteiger partial charge is 0.304 e. The SMILES string of the molecule is C/C1=C2N=C(/C=C3\N=C([C@@H](C)C4NC([C@H](CC(=O)O)[C@@]4(C)CCC(=O)O)[C@@]4(C)N=C1[C@@H](CCC(=O)O)[C@]4(C)CC(=O)O)[C@@H](CCC(=O)O)C3(C)C)[C@]1(CCC(=O)O)NC(=O)C[C@]/21C. The highest BCUT2D eigenvalue weighted by molar-refractivity contribution is 6.14. The lowest BCUT2D eigenvalue weighted by molar-refractivity contribution is -0.144. The second kappa shape index (κ2) is 16.1. The second-order valence-electron chi connectivity index (χ2n) is 20.2. The van der Waals surface area contributed by atoms with Gasteiger partial charge in [0.15, 0.2) is 0 Å². The molecule has 18 nitrogen and oxygen atoms in total. The predicted molar refractivity (Wildman–Crippen MR) is 227 cm³/mol. The number of carbonyl (C=O) groups excluding carboxylic acids is 1. The molecule has 0 aliphatic carbocycles. The summed E-state index contributed by atoms with van der Waals surface area (Å²) >= 11 is 0. The van der Waals surface area contributed by atoms with Crippen LogP contribution in [0.3, 0.4) is 0 Å². The highest BCUT2D eigenvalue weighted by Gasteiger charge is 2.69. The molecular weight excluding hydrogens is 819 g/mol. The number of carboxylic acids is 6. The van der Waals surface area contributed by atoms with Crippen LogP contribution in [0.25, 0.3) is 0 Å². The minimum atomic E-state index is -1.51. The predicted octanol–water partition coefficient (Wildman–Crippen LogP) is 4.82. The van der Waals surface area contributed by atoms with Crippen molar-refractivity contribution in [3.63, 3.8) is 0 Å². The van der Waals surface area contributed by atoms with Crippen molar-refractivity contribution in [2.75, 3.05) is 0 Å². The van der Waals surface area contributed by atoms with E-state index in [0.717, 1.165) is 0 Å². The van der Waals surface area contributed by atoms with Crippen molar-refractivity contribution < 1.29 is 64.2 Å². The lowest BCUT2D eigenvalue weighted by atomic mass is 9.55. The van der Waals surface area contributed by atoms with E-state index in [2.05, 4.69) is 10.6 Å². The number of rotatable bonds is 16. The third-order valence-corrected chi connectivity index (χ3v) is 16.4. The highest BCUT2D eigenvalue weighted by atomic mass is 16.4. The molecule has 8 bridgehead atoms. The maximum atomic E-state index is 13.8. The fourth-order valence-electron chi connectivity index (χ4n) is 12.9. The van der Waals surface area contributed by atoms with Crippen molar-refractivity contribution in [2.45, 2.75) is 149 Å². The summed E-state index contributed by atoms with van der Waals surface area (Å²) in [5.74, 6) is -10.0. The normalized spacial score (nSPS) is 39.5. The molecule has 1 amide bonds. The van der Waals surface area contributed by atoms with Crippen LogP contribution in [0.4, 0.5) is 0 Å². The zero-order chi connectivity index (χ0) is 47.0. The summed E-state index contributed by atoms with van der Waals surface area (Å²) in [6.45, 7) is 14.6. The van der Waals surface area contributed by atoms with Crippen LogP contribution in [0, 0.1) is 45.3 Å². The molecule has 6 aliphatic rings. The van der Waals surface area contributed by atoms with Gasteiger partial charge in [-0.2, -0.15) is 0 Å². The highest BCUT2D eigenvalue weighted by Crippen LogP contribution is 2.63. The van der Waals surface area contributed by atoms with Gasteiger partial charge in [0.25, 0.3) is 0 Å². The average molecular weight is 880 g/mol. The van der Waals surface area contributed by atoms with Crippen LogP contribution in [-0.4, -0.2) is 113 Å². The maximum absolute atomic E-state index is 13.8. The summed E-state index contributed by atoms with van der Waals surface area (Å²) < 4.78 is 0. The van der Waals surface area contributed by atoms with Crippen LogP contribution < -0.4 is 10.6 Å². The minimum Gasteiger partial charge on any atom is -0.481 e. The van der Waals surface area contributed by atoms with Crippen molar-refractivity contribution in [1.82, 2.24) is 10.6 Å². The summed E-state index contributed by atoms with van der Waals surface area (Å²) in [5.41, 5.74) is -4.97. The number of nitrogens with zero attached hydrogens (tertiary/aromatic N) is 3. The molecule has 6 heterocycles. The zero-order valence-electron chi connectivity index (χ0n) is 37.2. The van der Waals surface area contributed by atoms with Gasteiger partial charge in [-0.3, -0.25) is 48.5 Å². The number of hydrogen-bond donors (Lipinski definition) is 8. The molecule has 0 aromatic carbocycles. The average Bonchev–Trinajstić information content (AvgIpc) is 3.82. The Bertz CT molecular complexity index is 2210. The van der Waals surface area contributed by atoms with Gasteiger partial charge in [-0.15, -0.1) is 0 Å². The number of nitrogens with one attached hydrogen (secondary N) is 2. The molecule has 2 fully saturated rings. The van der Waals surface area contributed by atoms with Crippen molar-refractivity contribution in [3.05, 3.63) is 23.0 Å². The molecule has 0 aromatic heterocycles. The number of aliphatic carboxylic acids is 6. The standard InChI is InChI=1S/C45H61N5O13/c1-21-35-23(9-11-29(52)53)40(3,4)26(46-35)18-27-45(16-14-32(58)59)43(7,19-28(51)49-45)38(47-27)22(2)36-24(10-12-30(54)55)42(6,20-34(62)63)44(8,50-36)39-25(17-33(60)61)41(5,37(21)48-39)15-13-31(56)57/h18,21,23-25,37,39,48H,9-17,19-20H2,1-8H3,(H,49,51)(H,52,53)(H,54,55)(H,56,57)(H,58,59)(H,60,61)(H,62,63)/b26-18-,38-22-/t21-,23-,24-,25+,37?,39?,41-,42+,43-,44-,45+/m1/s1. The molecular formula is C45H61N5O13. The molecule has 0 aromatic rings. The molecule has 18 heteroatoms. The molecule has 63 heavy (non-hydrogen) atoms. The Morgan fingerprint density at radius 3 is 1.87 bits per heavy atom. The van der Waals surface area contributed by atoms with Crippen molar-refractivity contribution in [3.8, 4) is 0 Å². The summed E-state index contributed by atoms with van der Waals surface area (Å²) in [6.07, 6.45) is -0.630. The Labute approximate surface area is 365 Å². The molecule has 6 aliphatic heterocycles. The van der Waals surface area contributed by atoms with Crippen molar-refractivity contribution in [2.24, 2.45) is 60.3 Å². The third-order valence-electron chi connectivity index (χ3n) is 16.4. The van der Waals surface area contributed by atoms with E-state index >= 15 is 0 Å². The summed E-state index contributed by atoms with van der Waals surface area (Å²) in [6, 6.07) is -1.66. The number of amides is 1. The maximum Gasteiger partial charge on any atom is 0.304 e. The van der Waals surface area contributed by atoms with Crippen LogP contribution >= 0.6 is 0 Å². The Morgan fingerprint density at radius 2 is 1.32 bits per heavy atom. The molecule has 0 radical (unpaired) electrons. The van der Waals surface area contributed by atoms with Gasteiger partial charge in [0.2, 0.25) is 5.91 Å². The molecule has 0 spiro atoms. The first-order valence-corrected chi connectivity index (χ1v) is 21.7. The van der Waals surface area contributed by atoms with Gasteiger partial charge in [-0.1, -0.05) is 41.5 Å². The minimum absolute atomic E-state index is 0.00667. The van der Waals surface area contributed by atoms with Crippen LogP contribution in [0.15, 0.2) is 38.0 Å². The van der Waals surface area contributed by atoms with Gasteiger partial charge < -0.3 is 41.3 Å². The van der Waals surface area contributed by atoms with Crippen LogP contribution in [-0.2, 0) is 33.6 Å². The number of carbonyl (C=O) groups is 7. The zero-order valence-corrected chi connectivity index (χ0v) is 37.2. The van der Waals surface area contributed by atoms with Crippen LogP contribution in [0.1, 0.15) is 126 Å². The lowest BCUT2D eigenvalue weighted by Crippen LogP contribution is -2.59. The summed E-state index contributed by atoms with van der Waals surface area (Å²) in [4.78, 5) is 105. The largest absolute Gasteiger partial charge is 0.481 e. The number of aliphatic imine (C=N–C) groups is 3. The molecule has 2 saturated heterocycles. The Kier molecular flexibility index (Phi) is 12.0. The summed E-state index contributed by atoms with van der Waals surface area (Å²) in [5, 5.41) is 68.3.